The Morgan fingerprint density at radius 3 is 2.62 bits per heavy atom. The normalized spacial score (nSPS) is 10.6. The number of aryl methyl sites for hydroxylation is 1. The molecule has 0 saturated carbocycles. The summed E-state index contributed by atoms with van der Waals surface area (Å²) in [7, 11) is 0. The van der Waals surface area contributed by atoms with E-state index in [1.807, 2.05) is 25.1 Å². The lowest BCUT2D eigenvalue weighted by molar-refractivity contribution is -0.111. The monoisotopic (exact) mass is 343 g/mol. The van der Waals surface area contributed by atoms with Crippen LogP contribution in [0.3, 0.4) is 0 Å². The van der Waals surface area contributed by atoms with Crippen LogP contribution in [0.2, 0.25) is 5.02 Å². The van der Waals surface area contributed by atoms with Gasteiger partial charge in [0.05, 0.1) is 12.2 Å². The van der Waals surface area contributed by atoms with Crippen LogP contribution in [0.15, 0.2) is 48.5 Å². The van der Waals surface area contributed by atoms with Crippen molar-refractivity contribution in [1.82, 2.24) is 0 Å². The Balaban J connectivity index is 2.06. The molecule has 0 unspecified atom stereocenters. The standard InChI is InChI=1S/C19H18ClNO3/c1-3-24-19(23)15-8-10-17(13(2)12-15)21-18(22)11-9-14-6-4-5-7-16(14)20/h4-12H,3H2,1-2H3,(H,21,22)/b11-9+. The van der Waals surface area contributed by atoms with Crippen molar-refractivity contribution in [2.24, 2.45) is 0 Å². The van der Waals surface area contributed by atoms with E-state index < -0.39 is 0 Å². The molecule has 0 spiro atoms. The van der Waals surface area contributed by atoms with Crippen molar-refractivity contribution >= 4 is 35.2 Å². The summed E-state index contributed by atoms with van der Waals surface area (Å²) in [4.78, 5) is 23.7. The molecule has 0 atom stereocenters. The predicted octanol–water partition coefficient (Wildman–Crippen LogP) is 4.48. The van der Waals surface area contributed by atoms with Crippen molar-refractivity contribution in [3.63, 3.8) is 0 Å². The second kappa shape index (κ2) is 8.31. The van der Waals surface area contributed by atoms with Crippen LogP contribution in [-0.4, -0.2) is 18.5 Å². The molecule has 5 heteroatoms. The van der Waals surface area contributed by atoms with E-state index in [0.29, 0.717) is 22.9 Å². The molecular formula is C19H18ClNO3. The number of hydrogen-bond donors (Lipinski definition) is 1. The Hall–Kier alpha value is -2.59. The van der Waals surface area contributed by atoms with E-state index in [2.05, 4.69) is 5.32 Å². The number of halogens is 1. The van der Waals surface area contributed by atoms with E-state index in [-0.39, 0.29) is 11.9 Å². The summed E-state index contributed by atoms with van der Waals surface area (Å²) in [5, 5.41) is 3.36. The zero-order chi connectivity index (χ0) is 17.5. The van der Waals surface area contributed by atoms with E-state index in [1.54, 1.807) is 37.3 Å². The molecule has 0 aliphatic rings. The maximum atomic E-state index is 12.0. The first-order valence-electron chi connectivity index (χ1n) is 7.52. The average Bonchev–Trinajstić information content (AvgIpc) is 2.56. The number of rotatable bonds is 5. The minimum atomic E-state index is -0.378. The van der Waals surface area contributed by atoms with E-state index in [9.17, 15) is 9.59 Å². The zero-order valence-corrected chi connectivity index (χ0v) is 14.3. The topological polar surface area (TPSA) is 55.4 Å². The molecule has 2 aromatic rings. The highest BCUT2D eigenvalue weighted by molar-refractivity contribution is 6.32. The molecule has 0 heterocycles. The first kappa shape index (κ1) is 17.8. The third-order valence-electron chi connectivity index (χ3n) is 3.31. The summed E-state index contributed by atoms with van der Waals surface area (Å²) in [6.07, 6.45) is 3.07. The summed E-state index contributed by atoms with van der Waals surface area (Å²) in [5.74, 6) is -0.654. The predicted molar refractivity (Wildman–Crippen MR) is 96.3 cm³/mol. The van der Waals surface area contributed by atoms with Crippen LogP contribution >= 0.6 is 11.6 Å². The summed E-state index contributed by atoms with van der Waals surface area (Å²) < 4.78 is 4.95. The minimum absolute atomic E-state index is 0.276. The summed E-state index contributed by atoms with van der Waals surface area (Å²) in [6.45, 7) is 3.89. The largest absolute Gasteiger partial charge is 0.462 e. The first-order chi connectivity index (χ1) is 11.5. The molecule has 1 amide bonds. The lowest BCUT2D eigenvalue weighted by Gasteiger charge is -2.08. The second-order valence-corrected chi connectivity index (χ2v) is 5.50. The second-order valence-electron chi connectivity index (χ2n) is 5.09. The van der Waals surface area contributed by atoms with E-state index >= 15 is 0 Å². The third-order valence-corrected chi connectivity index (χ3v) is 3.66. The fourth-order valence-electron chi connectivity index (χ4n) is 2.10. The van der Waals surface area contributed by atoms with Gasteiger partial charge in [-0.3, -0.25) is 4.79 Å². The van der Waals surface area contributed by atoms with Gasteiger partial charge >= 0.3 is 5.97 Å². The molecule has 0 aliphatic heterocycles. The Morgan fingerprint density at radius 1 is 1.21 bits per heavy atom. The maximum absolute atomic E-state index is 12.0. The minimum Gasteiger partial charge on any atom is -0.462 e. The quantitative estimate of drug-likeness (QED) is 0.643. The van der Waals surface area contributed by atoms with Crippen molar-refractivity contribution in [3.05, 3.63) is 70.3 Å². The van der Waals surface area contributed by atoms with Gasteiger partial charge in [0.1, 0.15) is 0 Å². The molecule has 0 saturated heterocycles. The van der Waals surface area contributed by atoms with Gasteiger partial charge in [0.25, 0.3) is 0 Å². The maximum Gasteiger partial charge on any atom is 0.338 e. The van der Waals surface area contributed by atoms with Gasteiger partial charge in [-0.15, -0.1) is 0 Å². The molecule has 0 aromatic heterocycles. The van der Waals surface area contributed by atoms with Crippen LogP contribution < -0.4 is 5.32 Å². The molecule has 0 fully saturated rings. The molecule has 1 N–H and O–H groups in total. The average molecular weight is 344 g/mol. The van der Waals surface area contributed by atoms with Crippen molar-refractivity contribution < 1.29 is 14.3 Å². The zero-order valence-electron chi connectivity index (χ0n) is 13.5. The Bertz CT molecular complexity index is 784. The van der Waals surface area contributed by atoms with Gasteiger partial charge < -0.3 is 10.1 Å². The van der Waals surface area contributed by atoms with E-state index in [4.69, 9.17) is 16.3 Å². The molecule has 2 aromatic carbocycles. The van der Waals surface area contributed by atoms with Gasteiger partial charge in [0.15, 0.2) is 0 Å². The number of carbonyl (C=O) groups is 2. The number of carbonyl (C=O) groups excluding carboxylic acids is 2. The Morgan fingerprint density at radius 2 is 1.96 bits per heavy atom. The number of amides is 1. The van der Waals surface area contributed by atoms with Gasteiger partial charge in [0, 0.05) is 16.8 Å². The molecule has 0 aliphatic carbocycles. The van der Waals surface area contributed by atoms with E-state index in [1.165, 1.54) is 6.08 Å². The van der Waals surface area contributed by atoms with Crippen LogP contribution in [0.1, 0.15) is 28.4 Å². The number of ether oxygens (including phenoxy) is 1. The summed E-state index contributed by atoms with van der Waals surface area (Å²) in [6, 6.07) is 12.3. The number of esters is 1. The first-order valence-corrected chi connectivity index (χ1v) is 7.90. The number of benzene rings is 2. The molecule has 24 heavy (non-hydrogen) atoms. The van der Waals surface area contributed by atoms with Crippen LogP contribution in [0.25, 0.3) is 6.08 Å². The molecule has 124 valence electrons. The van der Waals surface area contributed by atoms with Gasteiger partial charge in [-0.2, -0.15) is 0 Å². The highest BCUT2D eigenvalue weighted by Gasteiger charge is 2.09. The molecule has 0 bridgehead atoms. The molecular weight excluding hydrogens is 326 g/mol. The fourth-order valence-corrected chi connectivity index (χ4v) is 2.29. The lowest BCUT2D eigenvalue weighted by Crippen LogP contribution is -2.10. The fraction of sp³-hybridized carbons (Fsp3) is 0.158. The molecule has 4 nitrogen and oxygen atoms in total. The SMILES string of the molecule is CCOC(=O)c1ccc(NC(=O)/C=C/c2ccccc2Cl)c(C)c1. The van der Waals surface area contributed by atoms with Crippen LogP contribution in [-0.2, 0) is 9.53 Å². The van der Waals surface area contributed by atoms with Crippen molar-refractivity contribution in [1.29, 1.82) is 0 Å². The number of anilines is 1. The molecule has 2 rings (SSSR count). The van der Waals surface area contributed by atoms with Crippen LogP contribution in [0, 0.1) is 6.92 Å². The smallest absolute Gasteiger partial charge is 0.338 e. The van der Waals surface area contributed by atoms with Gasteiger partial charge in [0.2, 0.25) is 5.91 Å². The van der Waals surface area contributed by atoms with Crippen molar-refractivity contribution in [2.75, 3.05) is 11.9 Å². The van der Waals surface area contributed by atoms with Crippen LogP contribution in [0.5, 0.6) is 0 Å². The van der Waals surface area contributed by atoms with E-state index in [0.717, 1.165) is 11.1 Å². The van der Waals surface area contributed by atoms with Gasteiger partial charge in [-0.25, -0.2) is 4.79 Å². The third kappa shape index (κ3) is 4.70. The Kier molecular flexibility index (Phi) is 6.15. The molecule has 0 radical (unpaired) electrons. The highest BCUT2D eigenvalue weighted by atomic mass is 35.5. The highest BCUT2D eigenvalue weighted by Crippen LogP contribution is 2.19. The van der Waals surface area contributed by atoms with Crippen molar-refractivity contribution in [3.8, 4) is 0 Å². The van der Waals surface area contributed by atoms with Crippen molar-refractivity contribution in [2.45, 2.75) is 13.8 Å². The number of nitrogens with one attached hydrogen (secondary N) is 1. The number of hydrogen-bond acceptors (Lipinski definition) is 3. The van der Waals surface area contributed by atoms with Crippen LogP contribution in [0.4, 0.5) is 5.69 Å². The summed E-state index contributed by atoms with van der Waals surface area (Å²) in [5.41, 5.74) is 2.64. The summed E-state index contributed by atoms with van der Waals surface area (Å²) >= 11 is 6.04. The van der Waals surface area contributed by atoms with Gasteiger partial charge in [-0.1, -0.05) is 29.8 Å². The Labute approximate surface area is 146 Å². The van der Waals surface area contributed by atoms with Gasteiger partial charge in [-0.05, 0) is 55.3 Å². The lowest BCUT2D eigenvalue weighted by atomic mass is 10.1.